The van der Waals surface area contributed by atoms with Gasteiger partial charge in [-0.2, -0.15) is 0 Å². The maximum Gasteiger partial charge on any atom is 0.227 e. The summed E-state index contributed by atoms with van der Waals surface area (Å²) in [5, 5.41) is 19.2. The largest absolute Gasteiger partial charge is 0.508 e. The van der Waals surface area contributed by atoms with E-state index < -0.39 is 0 Å². The summed E-state index contributed by atoms with van der Waals surface area (Å²) >= 11 is 3.26. The van der Waals surface area contributed by atoms with Gasteiger partial charge in [0.2, 0.25) is 5.89 Å². The molecule has 3 rings (SSSR count). The lowest BCUT2D eigenvalue weighted by Crippen LogP contribution is -1.82. The lowest BCUT2D eigenvalue weighted by atomic mass is 10.1. The predicted molar refractivity (Wildman–Crippen MR) is 80.7 cm³/mol. The molecule has 2 N–H and O–H groups in total. The van der Waals surface area contributed by atoms with Gasteiger partial charge < -0.3 is 14.6 Å². The van der Waals surface area contributed by atoms with E-state index in [1.54, 1.807) is 30.3 Å². The van der Waals surface area contributed by atoms with Gasteiger partial charge in [0, 0.05) is 10.0 Å². The van der Waals surface area contributed by atoms with Crippen LogP contribution < -0.4 is 0 Å². The first-order chi connectivity index (χ1) is 9.56. The number of fused-ring (bicyclic) bond motifs is 1. The second kappa shape index (κ2) is 4.68. The van der Waals surface area contributed by atoms with Gasteiger partial charge in [0.25, 0.3) is 0 Å². The Balaban J connectivity index is 2.23. The fraction of sp³-hybridized carbons (Fsp3) is 0. The molecule has 0 aliphatic rings. The molecule has 0 fully saturated rings. The van der Waals surface area contributed by atoms with Crippen LogP contribution >= 0.6 is 15.9 Å². The van der Waals surface area contributed by atoms with Crippen LogP contribution in [-0.4, -0.2) is 15.2 Å². The molecule has 0 aliphatic heterocycles. The summed E-state index contributed by atoms with van der Waals surface area (Å²) in [5.41, 5.74) is 2.34. The van der Waals surface area contributed by atoms with Crippen LogP contribution in [0.3, 0.4) is 0 Å². The molecular weight excluding hydrogens is 322 g/mol. The fourth-order valence-corrected chi connectivity index (χ4v) is 2.37. The van der Waals surface area contributed by atoms with E-state index in [0.29, 0.717) is 27.0 Å². The molecule has 0 bridgehead atoms. The number of benzene rings is 2. The minimum atomic E-state index is 0.0879. The average Bonchev–Trinajstić information content (AvgIpc) is 2.82. The quantitative estimate of drug-likeness (QED) is 0.735. The molecule has 0 saturated carbocycles. The Bertz CT molecular complexity index is 806. The first-order valence-corrected chi connectivity index (χ1v) is 6.62. The van der Waals surface area contributed by atoms with E-state index >= 15 is 0 Å². The number of nitrogens with zero attached hydrogens (tertiary/aromatic N) is 1. The van der Waals surface area contributed by atoms with Gasteiger partial charge in [-0.05, 0) is 36.4 Å². The first kappa shape index (κ1) is 12.7. The number of phenols is 2. The number of oxazole rings is 1. The van der Waals surface area contributed by atoms with Crippen LogP contribution in [0, 0.1) is 0 Å². The van der Waals surface area contributed by atoms with Crippen LogP contribution in [0.15, 0.2) is 47.4 Å². The summed E-state index contributed by atoms with van der Waals surface area (Å²) in [6, 6.07) is 9.74. The fourth-order valence-electron chi connectivity index (χ4n) is 1.98. The summed E-state index contributed by atoms with van der Waals surface area (Å²) in [6.45, 7) is 3.77. The lowest BCUT2D eigenvalue weighted by Gasteiger charge is -2.01. The maximum absolute atomic E-state index is 9.89. The molecule has 0 amide bonds. The minimum Gasteiger partial charge on any atom is -0.508 e. The third-order valence-electron chi connectivity index (χ3n) is 2.92. The summed E-state index contributed by atoms with van der Waals surface area (Å²) in [4.78, 5) is 4.40. The van der Waals surface area contributed by atoms with Crippen molar-refractivity contribution in [2.45, 2.75) is 0 Å². The molecule has 20 heavy (non-hydrogen) atoms. The molecule has 4 nitrogen and oxygen atoms in total. The molecule has 2 aromatic carbocycles. The van der Waals surface area contributed by atoms with E-state index in [-0.39, 0.29) is 11.5 Å². The van der Waals surface area contributed by atoms with Crippen molar-refractivity contribution in [3.63, 3.8) is 0 Å². The first-order valence-electron chi connectivity index (χ1n) is 5.83. The second-order valence-corrected chi connectivity index (χ2v) is 5.23. The topological polar surface area (TPSA) is 66.5 Å². The third-order valence-corrected chi connectivity index (χ3v) is 3.32. The SMILES string of the molecule is C=C(Br)c1c(O)ccc2oc(-c3ccc(O)cc3)nc12. The van der Waals surface area contributed by atoms with E-state index in [1.807, 2.05) is 0 Å². The monoisotopic (exact) mass is 331 g/mol. The van der Waals surface area contributed by atoms with Crippen LogP contribution in [0.5, 0.6) is 11.5 Å². The average molecular weight is 332 g/mol. The highest BCUT2D eigenvalue weighted by atomic mass is 79.9. The van der Waals surface area contributed by atoms with Crippen LogP contribution in [-0.2, 0) is 0 Å². The summed E-state index contributed by atoms with van der Waals surface area (Å²) in [6.07, 6.45) is 0. The lowest BCUT2D eigenvalue weighted by molar-refractivity contribution is 0.474. The number of phenolic OH excluding ortho intramolecular Hbond substituents is 2. The Hall–Kier alpha value is -2.27. The molecule has 0 radical (unpaired) electrons. The Labute approximate surface area is 123 Å². The van der Waals surface area contributed by atoms with Crippen LogP contribution in [0.2, 0.25) is 0 Å². The smallest absolute Gasteiger partial charge is 0.227 e. The number of aromatic hydroxyl groups is 2. The van der Waals surface area contributed by atoms with Crippen LogP contribution in [0.25, 0.3) is 27.0 Å². The van der Waals surface area contributed by atoms with Crippen LogP contribution in [0.1, 0.15) is 5.56 Å². The number of aromatic nitrogens is 1. The van der Waals surface area contributed by atoms with Crippen molar-refractivity contribution >= 4 is 31.5 Å². The van der Waals surface area contributed by atoms with Crippen molar-refractivity contribution in [1.82, 2.24) is 4.98 Å². The summed E-state index contributed by atoms with van der Waals surface area (Å²) < 4.78 is 6.21. The van der Waals surface area contributed by atoms with Gasteiger partial charge in [-0.15, -0.1) is 0 Å². The highest BCUT2D eigenvalue weighted by Crippen LogP contribution is 2.36. The van der Waals surface area contributed by atoms with Gasteiger partial charge >= 0.3 is 0 Å². The van der Waals surface area contributed by atoms with Crippen molar-refractivity contribution in [2.24, 2.45) is 0 Å². The summed E-state index contributed by atoms with van der Waals surface area (Å²) in [7, 11) is 0. The summed E-state index contributed by atoms with van der Waals surface area (Å²) in [5.74, 6) is 0.683. The molecule has 0 spiro atoms. The molecule has 3 aromatic rings. The van der Waals surface area contributed by atoms with Gasteiger partial charge in [0.15, 0.2) is 5.58 Å². The molecule has 1 heterocycles. The van der Waals surface area contributed by atoms with Crippen molar-refractivity contribution in [1.29, 1.82) is 0 Å². The molecule has 0 unspecified atom stereocenters. The second-order valence-electron chi connectivity index (χ2n) is 4.28. The molecule has 5 heteroatoms. The number of rotatable bonds is 2. The van der Waals surface area contributed by atoms with E-state index in [1.165, 1.54) is 6.07 Å². The molecule has 100 valence electrons. The Morgan fingerprint density at radius 1 is 1.10 bits per heavy atom. The van der Waals surface area contributed by atoms with Gasteiger partial charge in [-0.25, -0.2) is 4.98 Å². The molecule has 0 saturated heterocycles. The van der Waals surface area contributed by atoms with Gasteiger partial charge in [-0.3, -0.25) is 0 Å². The van der Waals surface area contributed by atoms with Crippen molar-refractivity contribution < 1.29 is 14.6 Å². The molecule has 0 atom stereocenters. The van der Waals surface area contributed by atoms with Gasteiger partial charge in [-0.1, -0.05) is 22.5 Å². The van der Waals surface area contributed by atoms with E-state index in [4.69, 9.17) is 4.42 Å². The van der Waals surface area contributed by atoms with E-state index in [9.17, 15) is 10.2 Å². The van der Waals surface area contributed by atoms with Crippen LogP contribution in [0.4, 0.5) is 0 Å². The number of hydrogen-bond donors (Lipinski definition) is 2. The van der Waals surface area contributed by atoms with E-state index in [0.717, 1.165) is 5.56 Å². The van der Waals surface area contributed by atoms with Crippen molar-refractivity contribution in [3.8, 4) is 23.0 Å². The third kappa shape index (κ3) is 2.06. The van der Waals surface area contributed by atoms with Gasteiger partial charge in [0.1, 0.15) is 17.0 Å². The Morgan fingerprint density at radius 3 is 2.45 bits per heavy atom. The Kier molecular flexibility index (Phi) is 2.99. The zero-order chi connectivity index (χ0) is 14.3. The zero-order valence-corrected chi connectivity index (χ0v) is 11.9. The van der Waals surface area contributed by atoms with E-state index in [2.05, 4.69) is 27.5 Å². The standard InChI is InChI=1S/C15H10BrNO3/c1-8(16)13-11(19)6-7-12-14(13)17-15(20-12)9-2-4-10(18)5-3-9/h2-7,18-19H,1H2. The Morgan fingerprint density at radius 2 is 1.80 bits per heavy atom. The number of hydrogen-bond acceptors (Lipinski definition) is 4. The molecular formula is C15H10BrNO3. The van der Waals surface area contributed by atoms with Crippen molar-refractivity contribution in [3.05, 3.63) is 48.5 Å². The highest BCUT2D eigenvalue weighted by Gasteiger charge is 2.15. The predicted octanol–water partition coefficient (Wildman–Crippen LogP) is 4.27. The normalized spacial score (nSPS) is 10.8. The van der Waals surface area contributed by atoms with Gasteiger partial charge in [0.05, 0.1) is 5.56 Å². The zero-order valence-electron chi connectivity index (χ0n) is 10.3. The minimum absolute atomic E-state index is 0.0879. The molecule has 0 aliphatic carbocycles. The maximum atomic E-state index is 9.89. The molecule has 1 aromatic heterocycles. The number of halogens is 1. The highest BCUT2D eigenvalue weighted by molar-refractivity contribution is 9.15. The van der Waals surface area contributed by atoms with Crippen molar-refractivity contribution in [2.75, 3.05) is 0 Å².